The third-order valence-electron chi connectivity index (χ3n) is 1.85. The fourth-order valence-electron chi connectivity index (χ4n) is 1.10. The molecule has 0 aromatic carbocycles. The van der Waals surface area contributed by atoms with Gasteiger partial charge in [-0.25, -0.2) is 0 Å². The minimum atomic E-state index is -0.405. The molecule has 1 aliphatic heterocycles. The summed E-state index contributed by atoms with van der Waals surface area (Å²) in [5, 5.41) is 11.0. The molecule has 0 aromatic rings. The van der Waals surface area contributed by atoms with E-state index in [4.69, 9.17) is 10.00 Å². The van der Waals surface area contributed by atoms with Gasteiger partial charge in [-0.15, -0.1) is 0 Å². The quantitative estimate of drug-likeness (QED) is 0.633. The standard InChI is InChI=1S/C8H12N2O2/c1-6(4-9)10-8(11)7-2-3-12-5-7/h6-7H,2-3,5H2,1H3,(H,10,11). The van der Waals surface area contributed by atoms with Gasteiger partial charge in [0.2, 0.25) is 5.91 Å². The molecule has 4 heteroatoms. The van der Waals surface area contributed by atoms with Crippen molar-refractivity contribution < 1.29 is 9.53 Å². The van der Waals surface area contributed by atoms with E-state index in [0.717, 1.165) is 6.42 Å². The molecule has 12 heavy (non-hydrogen) atoms. The van der Waals surface area contributed by atoms with Crippen LogP contribution in [-0.4, -0.2) is 25.2 Å². The average molecular weight is 168 g/mol. The van der Waals surface area contributed by atoms with Gasteiger partial charge in [0.1, 0.15) is 6.04 Å². The van der Waals surface area contributed by atoms with Crippen molar-refractivity contribution in [3.05, 3.63) is 0 Å². The van der Waals surface area contributed by atoms with Crippen LogP contribution >= 0.6 is 0 Å². The molecule has 1 amide bonds. The zero-order valence-electron chi connectivity index (χ0n) is 7.04. The van der Waals surface area contributed by atoms with Crippen molar-refractivity contribution in [2.24, 2.45) is 5.92 Å². The van der Waals surface area contributed by atoms with E-state index in [2.05, 4.69) is 5.32 Å². The monoisotopic (exact) mass is 168 g/mol. The highest BCUT2D eigenvalue weighted by Crippen LogP contribution is 2.11. The Morgan fingerprint density at radius 2 is 2.58 bits per heavy atom. The molecule has 66 valence electrons. The molecule has 1 saturated heterocycles. The number of carbonyl (C=O) groups excluding carboxylic acids is 1. The van der Waals surface area contributed by atoms with Crippen LogP contribution in [0.3, 0.4) is 0 Å². The largest absolute Gasteiger partial charge is 0.381 e. The number of ether oxygens (including phenoxy) is 1. The van der Waals surface area contributed by atoms with Crippen molar-refractivity contribution in [3.8, 4) is 6.07 Å². The summed E-state index contributed by atoms with van der Waals surface area (Å²) < 4.78 is 5.05. The van der Waals surface area contributed by atoms with Crippen LogP contribution in [0.15, 0.2) is 0 Å². The maximum atomic E-state index is 11.3. The van der Waals surface area contributed by atoms with Crippen LogP contribution in [-0.2, 0) is 9.53 Å². The summed E-state index contributed by atoms with van der Waals surface area (Å²) in [4.78, 5) is 11.3. The Hall–Kier alpha value is -1.08. The molecular weight excluding hydrogens is 156 g/mol. The Bertz CT molecular complexity index is 204. The fraction of sp³-hybridized carbons (Fsp3) is 0.750. The van der Waals surface area contributed by atoms with Gasteiger partial charge in [0.05, 0.1) is 18.6 Å². The SMILES string of the molecule is CC(C#N)NC(=O)C1CCOC1. The fourth-order valence-corrected chi connectivity index (χ4v) is 1.10. The number of nitrogens with zero attached hydrogens (tertiary/aromatic N) is 1. The summed E-state index contributed by atoms with van der Waals surface area (Å²) in [6.07, 6.45) is 0.768. The molecule has 2 atom stereocenters. The normalized spacial score (nSPS) is 24.5. The van der Waals surface area contributed by atoms with E-state index in [1.807, 2.05) is 6.07 Å². The van der Waals surface area contributed by atoms with Crippen LogP contribution < -0.4 is 5.32 Å². The molecule has 0 radical (unpaired) electrons. The van der Waals surface area contributed by atoms with Gasteiger partial charge in [0, 0.05) is 6.61 Å². The summed E-state index contributed by atoms with van der Waals surface area (Å²) in [7, 11) is 0. The average Bonchev–Trinajstić information content (AvgIpc) is 2.56. The highest BCUT2D eigenvalue weighted by Gasteiger charge is 2.24. The second-order valence-electron chi connectivity index (χ2n) is 2.92. The third kappa shape index (κ3) is 2.21. The molecular formula is C8H12N2O2. The maximum absolute atomic E-state index is 11.3. The van der Waals surface area contributed by atoms with Gasteiger partial charge in [-0.1, -0.05) is 0 Å². The van der Waals surface area contributed by atoms with E-state index in [1.54, 1.807) is 6.92 Å². The Balaban J connectivity index is 2.33. The molecule has 1 N–H and O–H groups in total. The lowest BCUT2D eigenvalue weighted by atomic mass is 10.1. The highest BCUT2D eigenvalue weighted by atomic mass is 16.5. The van der Waals surface area contributed by atoms with Crippen LogP contribution in [0.25, 0.3) is 0 Å². The van der Waals surface area contributed by atoms with Gasteiger partial charge in [0.15, 0.2) is 0 Å². The van der Waals surface area contributed by atoms with E-state index in [9.17, 15) is 4.79 Å². The zero-order valence-corrected chi connectivity index (χ0v) is 7.04. The van der Waals surface area contributed by atoms with Crippen LogP contribution in [0, 0.1) is 17.2 Å². The van der Waals surface area contributed by atoms with Crippen LogP contribution in [0.4, 0.5) is 0 Å². The molecule has 0 aromatic heterocycles. The molecule has 0 bridgehead atoms. The lowest BCUT2D eigenvalue weighted by Crippen LogP contribution is -2.36. The van der Waals surface area contributed by atoms with E-state index in [-0.39, 0.29) is 11.8 Å². The molecule has 0 spiro atoms. The van der Waals surface area contributed by atoms with Crippen LogP contribution in [0.1, 0.15) is 13.3 Å². The third-order valence-corrected chi connectivity index (χ3v) is 1.85. The van der Waals surface area contributed by atoms with Crippen molar-refractivity contribution in [2.45, 2.75) is 19.4 Å². The highest BCUT2D eigenvalue weighted by molar-refractivity contribution is 5.79. The van der Waals surface area contributed by atoms with Gasteiger partial charge in [-0.2, -0.15) is 5.26 Å². The topological polar surface area (TPSA) is 62.1 Å². The van der Waals surface area contributed by atoms with Gasteiger partial charge >= 0.3 is 0 Å². The number of nitriles is 1. The molecule has 4 nitrogen and oxygen atoms in total. The molecule has 0 aliphatic carbocycles. The Morgan fingerprint density at radius 1 is 1.83 bits per heavy atom. The summed E-state index contributed by atoms with van der Waals surface area (Å²) in [6, 6.07) is 1.54. The Kier molecular flexibility index (Phi) is 3.06. The van der Waals surface area contributed by atoms with Crippen molar-refractivity contribution in [3.63, 3.8) is 0 Å². The Morgan fingerprint density at radius 3 is 3.08 bits per heavy atom. The van der Waals surface area contributed by atoms with E-state index >= 15 is 0 Å². The second kappa shape index (κ2) is 4.07. The molecule has 1 rings (SSSR count). The maximum Gasteiger partial charge on any atom is 0.226 e. The van der Waals surface area contributed by atoms with Crippen molar-refractivity contribution >= 4 is 5.91 Å². The summed E-state index contributed by atoms with van der Waals surface area (Å²) in [5.41, 5.74) is 0. The first-order valence-corrected chi connectivity index (χ1v) is 4.01. The number of carbonyl (C=O) groups is 1. The number of nitrogens with one attached hydrogen (secondary N) is 1. The van der Waals surface area contributed by atoms with Gasteiger partial charge in [-0.05, 0) is 13.3 Å². The summed E-state index contributed by atoms with van der Waals surface area (Å²) in [6.45, 7) is 2.80. The first-order chi connectivity index (χ1) is 5.74. The smallest absolute Gasteiger partial charge is 0.226 e. The van der Waals surface area contributed by atoms with Crippen LogP contribution in [0.5, 0.6) is 0 Å². The van der Waals surface area contributed by atoms with Gasteiger partial charge in [-0.3, -0.25) is 4.79 Å². The predicted molar refractivity (Wildman–Crippen MR) is 42.1 cm³/mol. The molecule has 1 aliphatic rings. The van der Waals surface area contributed by atoms with Gasteiger partial charge < -0.3 is 10.1 Å². The summed E-state index contributed by atoms with van der Waals surface area (Å²) >= 11 is 0. The van der Waals surface area contributed by atoms with Crippen molar-refractivity contribution in [1.82, 2.24) is 5.32 Å². The van der Waals surface area contributed by atoms with Crippen molar-refractivity contribution in [2.75, 3.05) is 13.2 Å². The lowest BCUT2D eigenvalue weighted by Gasteiger charge is -2.09. The number of rotatable bonds is 2. The lowest BCUT2D eigenvalue weighted by molar-refractivity contribution is -0.125. The second-order valence-corrected chi connectivity index (χ2v) is 2.92. The minimum absolute atomic E-state index is 0.0548. The summed E-state index contributed by atoms with van der Waals surface area (Å²) in [5.74, 6) is -0.123. The molecule has 1 fully saturated rings. The Labute approximate surface area is 71.5 Å². The van der Waals surface area contributed by atoms with E-state index in [1.165, 1.54) is 0 Å². The minimum Gasteiger partial charge on any atom is -0.381 e. The number of hydrogen-bond donors (Lipinski definition) is 1. The first-order valence-electron chi connectivity index (χ1n) is 4.01. The van der Waals surface area contributed by atoms with E-state index < -0.39 is 6.04 Å². The first kappa shape index (κ1) is 9.01. The zero-order chi connectivity index (χ0) is 8.97. The predicted octanol–water partition coefficient (Wildman–Crippen LogP) is 0.0512. The van der Waals surface area contributed by atoms with Crippen molar-refractivity contribution in [1.29, 1.82) is 5.26 Å². The van der Waals surface area contributed by atoms with E-state index in [0.29, 0.717) is 13.2 Å². The molecule has 1 heterocycles. The van der Waals surface area contributed by atoms with Gasteiger partial charge in [0.25, 0.3) is 0 Å². The van der Waals surface area contributed by atoms with Crippen LogP contribution in [0.2, 0.25) is 0 Å². The molecule has 0 saturated carbocycles. The number of amides is 1. The molecule has 2 unspecified atom stereocenters. The number of hydrogen-bond acceptors (Lipinski definition) is 3.